The Morgan fingerprint density at radius 1 is 0.968 bits per heavy atom. The van der Waals surface area contributed by atoms with E-state index in [-0.39, 0.29) is 11.2 Å². The molecular formula is C25H29ClN2O2S. The lowest BCUT2D eigenvalue weighted by Crippen LogP contribution is -2.18. The van der Waals surface area contributed by atoms with E-state index in [2.05, 4.69) is 16.0 Å². The largest absolute Gasteiger partial charge is 0.343 e. The zero-order valence-corrected chi connectivity index (χ0v) is 19.3. The Morgan fingerprint density at radius 2 is 1.65 bits per heavy atom. The summed E-state index contributed by atoms with van der Waals surface area (Å²) >= 11 is 6.09. The molecule has 1 unspecified atom stereocenters. The third-order valence-electron chi connectivity index (χ3n) is 7.24. The van der Waals surface area contributed by atoms with Crippen molar-refractivity contribution in [2.45, 2.75) is 73.9 Å². The van der Waals surface area contributed by atoms with Crippen LogP contribution in [0.5, 0.6) is 0 Å². The number of aromatic amines is 1. The van der Waals surface area contributed by atoms with Gasteiger partial charge in [0.2, 0.25) is 0 Å². The number of H-pyrrole nitrogens is 1. The number of aromatic nitrogens is 2. The second-order valence-corrected chi connectivity index (χ2v) is 11.9. The molecule has 0 saturated heterocycles. The Labute approximate surface area is 189 Å². The lowest BCUT2D eigenvalue weighted by atomic mass is 9.86. The van der Waals surface area contributed by atoms with Crippen molar-refractivity contribution in [1.29, 1.82) is 0 Å². The lowest BCUT2D eigenvalue weighted by molar-refractivity contribution is 0.469. The standard InChI is InChI=1S/C25H29ClN2O2S/c26-24-14-11-19-16-23(27-25(19)28-24)22(15-17-5-1-2-6-17)18-9-12-21(13-10-18)31(29,30)20-7-3-4-8-20/h9-14,16-17,20,22H,1-8,15H2,(H,27,28). The summed E-state index contributed by atoms with van der Waals surface area (Å²) < 4.78 is 26.0. The monoisotopic (exact) mass is 456 g/mol. The molecule has 4 nitrogen and oxygen atoms in total. The molecule has 1 N–H and O–H groups in total. The van der Waals surface area contributed by atoms with Gasteiger partial charge in [0.15, 0.2) is 9.84 Å². The van der Waals surface area contributed by atoms with Crippen molar-refractivity contribution >= 4 is 32.5 Å². The van der Waals surface area contributed by atoms with E-state index in [1.807, 2.05) is 36.4 Å². The van der Waals surface area contributed by atoms with Crippen LogP contribution in [0.25, 0.3) is 11.0 Å². The molecule has 6 heteroatoms. The molecule has 1 aromatic carbocycles. The smallest absolute Gasteiger partial charge is 0.181 e. The van der Waals surface area contributed by atoms with Crippen molar-refractivity contribution < 1.29 is 8.42 Å². The van der Waals surface area contributed by atoms with E-state index in [0.717, 1.165) is 54.4 Å². The van der Waals surface area contributed by atoms with Crippen LogP contribution in [0.3, 0.4) is 0 Å². The summed E-state index contributed by atoms with van der Waals surface area (Å²) in [5, 5.41) is 1.32. The highest BCUT2D eigenvalue weighted by Gasteiger charge is 2.31. The Bertz CT molecular complexity index is 1160. The number of rotatable bonds is 6. The van der Waals surface area contributed by atoms with E-state index >= 15 is 0 Å². The van der Waals surface area contributed by atoms with Crippen LogP contribution in [-0.2, 0) is 9.84 Å². The molecule has 5 rings (SSSR count). The maximum Gasteiger partial charge on any atom is 0.181 e. The van der Waals surface area contributed by atoms with Gasteiger partial charge in [-0.3, -0.25) is 0 Å². The quantitative estimate of drug-likeness (QED) is 0.422. The molecule has 164 valence electrons. The van der Waals surface area contributed by atoms with E-state index in [4.69, 9.17) is 11.6 Å². The number of sulfone groups is 1. The van der Waals surface area contributed by atoms with Crippen molar-refractivity contribution in [3.63, 3.8) is 0 Å². The number of nitrogens with zero attached hydrogens (tertiary/aromatic N) is 1. The van der Waals surface area contributed by atoms with E-state index in [0.29, 0.717) is 16.0 Å². The number of pyridine rings is 1. The minimum atomic E-state index is -3.23. The van der Waals surface area contributed by atoms with Crippen molar-refractivity contribution in [2.24, 2.45) is 5.92 Å². The molecule has 0 spiro atoms. The average molecular weight is 457 g/mol. The van der Waals surface area contributed by atoms with Gasteiger partial charge in [0.1, 0.15) is 10.8 Å². The summed E-state index contributed by atoms with van der Waals surface area (Å²) in [7, 11) is -3.23. The lowest BCUT2D eigenvalue weighted by Gasteiger charge is -2.21. The first-order valence-corrected chi connectivity index (χ1v) is 13.4. The molecule has 2 fully saturated rings. The topological polar surface area (TPSA) is 62.8 Å². The number of halogens is 1. The van der Waals surface area contributed by atoms with Gasteiger partial charge in [-0.05, 0) is 61.1 Å². The maximum absolute atomic E-state index is 13.0. The van der Waals surface area contributed by atoms with Gasteiger partial charge in [-0.2, -0.15) is 0 Å². The highest BCUT2D eigenvalue weighted by molar-refractivity contribution is 7.92. The summed E-state index contributed by atoms with van der Waals surface area (Å²) in [5.41, 5.74) is 3.09. The van der Waals surface area contributed by atoms with Crippen LogP contribution in [0.2, 0.25) is 5.15 Å². The van der Waals surface area contributed by atoms with Crippen molar-refractivity contribution in [1.82, 2.24) is 9.97 Å². The van der Waals surface area contributed by atoms with Crippen LogP contribution in [0, 0.1) is 5.92 Å². The molecule has 3 aromatic rings. The summed E-state index contributed by atoms with van der Waals surface area (Å²) in [6, 6.07) is 13.7. The summed E-state index contributed by atoms with van der Waals surface area (Å²) in [5.74, 6) is 0.897. The van der Waals surface area contributed by atoms with Crippen LogP contribution in [0.4, 0.5) is 0 Å². The maximum atomic E-state index is 13.0. The van der Waals surface area contributed by atoms with Gasteiger partial charge in [-0.1, -0.05) is 62.3 Å². The van der Waals surface area contributed by atoms with Gasteiger partial charge in [0.05, 0.1) is 10.1 Å². The third-order valence-corrected chi connectivity index (χ3v) is 9.73. The molecule has 0 aliphatic heterocycles. The predicted octanol–water partition coefficient (Wildman–Crippen LogP) is 6.64. The molecule has 0 bridgehead atoms. The van der Waals surface area contributed by atoms with Crippen molar-refractivity contribution in [3.8, 4) is 0 Å². The normalized spacial score (nSPS) is 19.4. The van der Waals surface area contributed by atoms with E-state index in [1.54, 1.807) is 0 Å². The zero-order valence-electron chi connectivity index (χ0n) is 17.7. The molecule has 2 aliphatic carbocycles. The second kappa shape index (κ2) is 8.59. The van der Waals surface area contributed by atoms with Gasteiger partial charge >= 0.3 is 0 Å². The Balaban J connectivity index is 1.48. The van der Waals surface area contributed by atoms with E-state index in [9.17, 15) is 8.42 Å². The Hall–Kier alpha value is -1.85. The zero-order chi connectivity index (χ0) is 21.4. The Morgan fingerprint density at radius 3 is 2.35 bits per heavy atom. The van der Waals surface area contributed by atoms with Crippen molar-refractivity contribution in [3.05, 3.63) is 58.9 Å². The summed E-state index contributed by atoms with van der Waals surface area (Å²) in [6.07, 6.45) is 9.84. The number of fused-ring (bicyclic) bond motifs is 1. The highest BCUT2D eigenvalue weighted by atomic mass is 35.5. The minimum absolute atomic E-state index is 0.194. The van der Waals surface area contributed by atoms with Crippen LogP contribution in [0.15, 0.2) is 47.4 Å². The fraction of sp³-hybridized carbons (Fsp3) is 0.480. The molecule has 0 amide bonds. The predicted molar refractivity (Wildman–Crippen MR) is 125 cm³/mol. The van der Waals surface area contributed by atoms with Gasteiger partial charge in [0.25, 0.3) is 0 Å². The SMILES string of the molecule is O=S(=O)(c1ccc(C(CC2CCCC2)c2cc3ccc(Cl)nc3[nH]2)cc1)C1CCCC1. The first-order valence-electron chi connectivity index (χ1n) is 11.5. The molecule has 2 saturated carbocycles. The van der Waals surface area contributed by atoms with Gasteiger partial charge < -0.3 is 4.98 Å². The Kier molecular flexibility index (Phi) is 5.82. The second-order valence-electron chi connectivity index (χ2n) is 9.26. The summed E-state index contributed by atoms with van der Waals surface area (Å²) in [4.78, 5) is 8.38. The van der Waals surface area contributed by atoms with E-state index in [1.165, 1.54) is 25.7 Å². The van der Waals surface area contributed by atoms with Gasteiger partial charge in [0, 0.05) is 17.0 Å². The molecule has 0 radical (unpaired) electrons. The molecule has 31 heavy (non-hydrogen) atoms. The first-order chi connectivity index (χ1) is 15.0. The molecular weight excluding hydrogens is 428 g/mol. The van der Waals surface area contributed by atoms with Gasteiger partial charge in [-0.25, -0.2) is 13.4 Å². The number of hydrogen-bond acceptors (Lipinski definition) is 3. The van der Waals surface area contributed by atoms with Crippen LogP contribution in [0.1, 0.15) is 75.0 Å². The fourth-order valence-electron chi connectivity index (χ4n) is 5.49. The number of hydrogen-bond donors (Lipinski definition) is 1. The van der Waals surface area contributed by atoms with Crippen molar-refractivity contribution in [2.75, 3.05) is 0 Å². The van der Waals surface area contributed by atoms with Crippen LogP contribution < -0.4 is 0 Å². The van der Waals surface area contributed by atoms with Crippen LogP contribution >= 0.6 is 11.6 Å². The average Bonchev–Trinajstić information content (AvgIpc) is 3.53. The first kappa shape index (κ1) is 21.0. The number of benzene rings is 1. The molecule has 2 aliphatic rings. The summed E-state index contributed by atoms with van der Waals surface area (Å²) in [6.45, 7) is 0. The van der Waals surface area contributed by atoms with Crippen LogP contribution in [-0.4, -0.2) is 23.6 Å². The fourth-order valence-corrected chi connectivity index (χ4v) is 7.50. The van der Waals surface area contributed by atoms with E-state index < -0.39 is 9.84 Å². The molecule has 2 aromatic heterocycles. The molecule has 2 heterocycles. The van der Waals surface area contributed by atoms with Gasteiger partial charge in [-0.15, -0.1) is 0 Å². The molecule has 1 atom stereocenters. The highest BCUT2D eigenvalue weighted by Crippen LogP contribution is 2.39. The third kappa shape index (κ3) is 4.27. The minimum Gasteiger partial charge on any atom is -0.343 e. The number of nitrogens with one attached hydrogen (secondary N) is 1.